The van der Waals surface area contributed by atoms with E-state index in [0.29, 0.717) is 17.7 Å². The molecule has 0 aliphatic rings. The lowest BCUT2D eigenvalue weighted by Crippen LogP contribution is -2.24. The van der Waals surface area contributed by atoms with Crippen molar-refractivity contribution in [3.63, 3.8) is 0 Å². The van der Waals surface area contributed by atoms with Crippen molar-refractivity contribution >= 4 is 17.9 Å². The van der Waals surface area contributed by atoms with Crippen LogP contribution in [-0.4, -0.2) is 30.8 Å². The Labute approximate surface area is 140 Å². The Morgan fingerprint density at radius 2 is 1.79 bits per heavy atom. The van der Waals surface area contributed by atoms with E-state index in [1.165, 1.54) is 23.1 Å². The van der Waals surface area contributed by atoms with Crippen LogP contribution in [0.5, 0.6) is 0 Å². The number of benzene rings is 2. The van der Waals surface area contributed by atoms with Crippen LogP contribution in [0.2, 0.25) is 0 Å². The molecule has 0 saturated carbocycles. The van der Waals surface area contributed by atoms with Crippen LogP contribution in [0.1, 0.15) is 21.5 Å². The number of amides is 2. The summed E-state index contributed by atoms with van der Waals surface area (Å²) in [7, 11) is 3.24. The summed E-state index contributed by atoms with van der Waals surface area (Å²) in [6.07, 6.45) is 2.81. The summed E-state index contributed by atoms with van der Waals surface area (Å²) in [5, 5.41) is 2.55. The summed E-state index contributed by atoms with van der Waals surface area (Å²) < 4.78 is 13.5. The Morgan fingerprint density at radius 1 is 1.12 bits per heavy atom. The Morgan fingerprint density at radius 3 is 2.42 bits per heavy atom. The molecule has 124 valence electrons. The maximum Gasteiger partial charge on any atom is 0.251 e. The molecule has 0 saturated heterocycles. The molecule has 0 heterocycles. The molecular weight excluding hydrogens is 307 g/mol. The Balaban J connectivity index is 1.99. The predicted octanol–water partition coefficient (Wildman–Crippen LogP) is 2.86. The number of carbonyl (C=O) groups excluding carboxylic acids is 2. The lowest BCUT2D eigenvalue weighted by Gasteiger charge is -2.15. The second kappa shape index (κ2) is 8.06. The minimum atomic E-state index is -0.367. The van der Waals surface area contributed by atoms with Crippen molar-refractivity contribution in [2.24, 2.45) is 0 Å². The van der Waals surface area contributed by atoms with Gasteiger partial charge in [-0.2, -0.15) is 0 Å². The monoisotopic (exact) mass is 326 g/mol. The highest BCUT2D eigenvalue weighted by molar-refractivity contribution is 5.94. The average molecular weight is 326 g/mol. The number of carbonyl (C=O) groups is 2. The summed E-state index contributed by atoms with van der Waals surface area (Å²) in [5.41, 5.74) is 1.83. The maximum absolute atomic E-state index is 13.5. The van der Waals surface area contributed by atoms with Gasteiger partial charge in [0.15, 0.2) is 0 Å². The van der Waals surface area contributed by atoms with E-state index in [2.05, 4.69) is 5.32 Å². The quantitative estimate of drug-likeness (QED) is 0.859. The van der Waals surface area contributed by atoms with Gasteiger partial charge in [-0.1, -0.05) is 30.3 Å². The third-order valence-electron chi connectivity index (χ3n) is 3.55. The molecule has 2 rings (SSSR count). The number of nitrogens with zero attached hydrogens (tertiary/aromatic N) is 1. The van der Waals surface area contributed by atoms with E-state index in [4.69, 9.17) is 0 Å². The van der Waals surface area contributed by atoms with Gasteiger partial charge in [0.25, 0.3) is 5.91 Å². The van der Waals surface area contributed by atoms with Crippen LogP contribution >= 0.6 is 0 Å². The van der Waals surface area contributed by atoms with E-state index < -0.39 is 0 Å². The van der Waals surface area contributed by atoms with Gasteiger partial charge in [-0.05, 0) is 29.8 Å². The molecule has 5 heteroatoms. The van der Waals surface area contributed by atoms with Crippen molar-refractivity contribution in [2.75, 3.05) is 14.1 Å². The van der Waals surface area contributed by atoms with Crippen LogP contribution in [0.3, 0.4) is 0 Å². The predicted molar refractivity (Wildman–Crippen MR) is 91.7 cm³/mol. The number of hydrogen-bond donors (Lipinski definition) is 1. The molecule has 1 N–H and O–H groups in total. The molecule has 0 atom stereocenters. The van der Waals surface area contributed by atoms with Crippen LogP contribution < -0.4 is 5.32 Å². The summed E-state index contributed by atoms with van der Waals surface area (Å²) in [5.74, 6) is -0.749. The van der Waals surface area contributed by atoms with E-state index in [-0.39, 0.29) is 17.6 Å². The summed E-state index contributed by atoms with van der Waals surface area (Å²) in [4.78, 5) is 25.1. The van der Waals surface area contributed by atoms with Gasteiger partial charge in [-0.3, -0.25) is 9.59 Å². The molecule has 0 fully saturated rings. The number of rotatable bonds is 5. The SMILES string of the molecule is CNC(=O)c1ccc(CN(C)C(=O)C=Cc2ccccc2F)cc1. The van der Waals surface area contributed by atoms with Crippen LogP contribution in [0, 0.1) is 5.82 Å². The maximum atomic E-state index is 13.5. The Bertz CT molecular complexity index is 754. The number of hydrogen-bond acceptors (Lipinski definition) is 2. The lowest BCUT2D eigenvalue weighted by molar-refractivity contribution is -0.125. The highest BCUT2D eigenvalue weighted by Gasteiger charge is 2.08. The molecule has 0 unspecified atom stereocenters. The topological polar surface area (TPSA) is 49.4 Å². The first-order valence-corrected chi connectivity index (χ1v) is 7.50. The van der Waals surface area contributed by atoms with Crippen molar-refractivity contribution in [2.45, 2.75) is 6.54 Å². The Hall–Kier alpha value is -2.95. The van der Waals surface area contributed by atoms with E-state index in [1.54, 1.807) is 56.6 Å². The molecule has 0 aromatic heterocycles. The first-order valence-electron chi connectivity index (χ1n) is 7.50. The number of nitrogens with one attached hydrogen (secondary N) is 1. The minimum absolute atomic E-state index is 0.154. The fourth-order valence-electron chi connectivity index (χ4n) is 2.16. The van der Waals surface area contributed by atoms with Crippen molar-refractivity contribution in [1.29, 1.82) is 0 Å². The molecule has 0 bridgehead atoms. The van der Waals surface area contributed by atoms with Crippen molar-refractivity contribution in [3.8, 4) is 0 Å². The van der Waals surface area contributed by atoms with Gasteiger partial charge in [0.2, 0.25) is 5.91 Å². The molecule has 2 amide bonds. The van der Waals surface area contributed by atoms with Gasteiger partial charge >= 0.3 is 0 Å². The Kier molecular flexibility index (Phi) is 5.84. The smallest absolute Gasteiger partial charge is 0.251 e. The van der Waals surface area contributed by atoms with Gasteiger partial charge in [-0.25, -0.2) is 4.39 Å². The molecular formula is C19H19FN2O2. The van der Waals surface area contributed by atoms with E-state index in [1.807, 2.05) is 0 Å². The number of halogens is 1. The van der Waals surface area contributed by atoms with Gasteiger partial charge in [-0.15, -0.1) is 0 Å². The van der Waals surface area contributed by atoms with Crippen LogP contribution in [-0.2, 0) is 11.3 Å². The van der Waals surface area contributed by atoms with E-state index in [9.17, 15) is 14.0 Å². The van der Waals surface area contributed by atoms with Crippen molar-refractivity contribution in [3.05, 3.63) is 77.1 Å². The van der Waals surface area contributed by atoms with Gasteiger partial charge in [0, 0.05) is 37.8 Å². The van der Waals surface area contributed by atoms with Crippen LogP contribution in [0.4, 0.5) is 4.39 Å². The zero-order valence-corrected chi connectivity index (χ0v) is 13.6. The fourth-order valence-corrected chi connectivity index (χ4v) is 2.16. The molecule has 2 aromatic rings. The third-order valence-corrected chi connectivity index (χ3v) is 3.55. The average Bonchev–Trinajstić information content (AvgIpc) is 2.60. The molecule has 0 aliphatic carbocycles. The molecule has 24 heavy (non-hydrogen) atoms. The van der Waals surface area contributed by atoms with Gasteiger partial charge in [0.05, 0.1) is 0 Å². The molecule has 0 radical (unpaired) electrons. The van der Waals surface area contributed by atoms with Crippen LogP contribution in [0.15, 0.2) is 54.6 Å². The summed E-state index contributed by atoms with van der Waals surface area (Å²) in [6, 6.07) is 13.3. The number of likely N-dealkylation sites (N-methyl/N-ethyl adjacent to an activating group) is 1. The van der Waals surface area contributed by atoms with Gasteiger partial charge < -0.3 is 10.2 Å². The highest BCUT2D eigenvalue weighted by Crippen LogP contribution is 2.10. The highest BCUT2D eigenvalue weighted by atomic mass is 19.1. The second-order valence-electron chi connectivity index (χ2n) is 5.33. The summed E-state index contributed by atoms with van der Waals surface area (Å²) in [6.45, 7) is 0.397. The molecule has 0 aliphatic heterocycles. The van der Waals surface area contributed by atoms with E-state index in [0.717, 1.165) is 5.56 Å². The van der Waals surface area contributed by atoms with Crippen molar-refractivity contribution < 1.29 is 14.0 Å². The molecule has 0 spiro atoms. The molecule has 4 nitrogen and oxygen atoms in total. The third kappa shape index (κ3) is 4.52. The molecule has 2 aromatic carbocycles. The summed E-state index contributed by atoms with van der Waals surface area (Å²) >= 11 is 0. The first kappa shape index (κ1) is 17.4. The van der Waals surface area contributed by atoms with Gasteiger partial charge in [0.1, 0.15) is 5.82 Å². The zero-order valence-electron chi connectivity index (χ0n) is 13.6. The fraction of sp³-hybridized carbons (Fsp3) is 0.158. The van der Waals surface area contributed by atoms with E-state index >= 15 is 0 Å². The van der Waals surface area contributed by atoms with Crippen LogP contribution in [0.25, 0.3) is 6.08 Å². The minimum Gasteiger partial charge on any atom is -0.355 e. The normalized spacial score (nSPS) is 10.6. The largest absolute Gasteiger partial charge is 0.355 e. The zero-order chi connectivity index (χ0) is 17.5. The first-order chi connectivity index (χ1) is 11.5. The standard InChI is InChI=1S/C19H19FN2O2/c1-21-19(24)16-9-7-14(8-10-16)13-22(2)18(23)12-11-15-5-3-4-6-17(15)20/h3-12H,13H2,1-2H3,(H,21,24). The second-order valence-corrected chi connectivity index (χ2v) is 5.33. The lowest BCUT2D eigenvalue weighted by atomic mass is 10.1. The van der Waals surface area contributed by atoms with Crippen molar-refractivity contribution in [1.82, 2.24) is 10.2 Å².